The van der Waals surface area contributed by atoms with Crippen LogP contribution in [0.15, 0.2) is 78.9 Å². The Bertz CT molecular complexity index is 2040. The number of carbonyl (C=O) groups is 6. The molecule has 6 amide bonds. The van der Waals surface area contributed by atoms with Gasteiger partial charge in [-0.15, -0.1) is 0 Å². The van der Waals surface area contributed by atoms with Gasteiger partial charge in [-0.25, -0.2) is 19.6 Å². The highest BCUT2D eigenvalue weighted by atomic mass is 16.6. The minimum absolute atomic E-state index is 0.00511. The van der Waals surface area contributed by atoms with E-state index in [2.05, 4.69) is 40.2 Å². The molecular weight excluding hydrogens is 763 g/mol. The largest absolute Gasteiger partial charge is 0.481 e. The number of nitrogens with one attached hydrogen (secondary N) is 4. The van der Waals surface area contributed by atoms with Crippen LogP contribution in [0, 0.1) is 0 Å². The first-order valence-electron chi connectivity index (χ1n) is 19.4. The molecule has 1 aliphatic rings. The highest BCUT2D eigenvalue weighted by molar-refractivity contribution is 5.88. The quantitative estimate of drug-likeness (QED) is 0.0417. The van der Waals surface area contributed by atoms with Gasteiger partial charge in [0.15, 0.2) is 0 Å². The van der Waals surface area contributed by atoms with Crippen molar-refractivity contribution in [3.8, 4) is 11.1 Å². The molecule has 1 heterocycles. The van der Waals surface area contributed by atoms with Crippen molar-refractivity contribution in [2.45, 2.75) is 44.3 Å². The van der Waals surface area contributed by atoms with Gasteiger partial charge in [-0.05, 0) is 46.2 Å². The van der Waals surface area contributed by atoms with E-state index in [1.54, 1.807) is 19.1 Å². The van der Waals surface area contributed by atoms with Crippen molar-refractivity contribution in [2.24, 2.45) is 0 Å². The lowest BCUT2D eigenvalue weighted by Gasteiger charge is -2.28. The standard InChI is InChI=1S/C42H51N7O10/c1-47(48(2)42(56)59-27-35-33-12-6-4-10-31(33)32-11-5-7-13-34(32)35)26-30-25-29-9-3-8-14-37(29)49(30)20-17-38(51)46-36(15-16-39(52)53)40(54)43-18-21-57-23-24-58-22-19-44-41(55)45-28-50/h3-14,25,28,35-36H,15-24,26-27H2,1-2H3,(H,43,54)(H,46,51)(H,52,53)(H2,44,45,50,55)/t36-/m0/s1. The number of carbonyl (C=O) groups excluding carboxylic acids is 5. The van der Waals surface area contributed by atoms with Crippen molar-refractivity contribution in [3.63, 3.8) is 0 Å². The number of urea groups is 1. The smallest absolute Gasteiger partial charge is 0.424 e. The summed E-state index contributed by atoms with van der Waals surface area (Å²) in [5.74, 6) is -2.15. The fraction of sp³-hybridized carbons (Fsp3) is 0.381. The number of hydrogen-bond donors (Lipinski definition) is 5. The average Bonchev–Trinajstić information content (AvgIpc) is 3.75. The Labute approximate surface area is 341 Å². The van der Waals surface area contributed by atoms with Crippen LogP contribution in [-0.2, 0) is 46.5 Å². The second kappa shape index (κ2) is 22.0. The molecule has 4 aromatic rings. The van der Waals surface area contributed by atoms with Crippen LogP contribution in [0.25, 0.3) is 22.0 Å². The minimum atomic E-state index is -1.10. The molecular formula is C42H51N7O10. The molecule has 1 aliphatic carbocycles. The first-order chi connectivity index (χ1) is 28.6. The molecule has 5 rings (SSSR count). The minimum Gasteiger partial charge on any atom is -0.481 e. The van der Waals surface area contributed by atoms with Crippen molar-refractivity contribution in [1.29, 1.82) is 0 Å². The van der Waals surface area contributed by atoms with Crippen LogP contribution < -0.4 is 21.3 Å². The first-order valence-corrected chi connectivity index (χ1v) is 19.4. The van der Waals surface area contributed by atoms with E-state index in [9.17, 15) is 33.9 Å². The van der Waals surface area contributed by atoms with E-state index in [4.69, 9.17) is 14.2 Å². The maximum absolute atomic E-state index is 13.4. The zero-order valence-electron chi connectivity index (χ0n) is 33.2. The molecule has 0 aliphatic heterocycles. The van der Waals surface area contributed by atoms with Crippen molar-refractivity contribution < 1.29 is 48.1 Å². The summed E-state index contributed by atoms with van der Waals surface area (Å²) in [4.78, 5) is 72.4. The Balaban J connectivity index is 1.11. The van der Waals surface area contributed by atoms with Gasteiger partial charge < -0.3 is 39.8 Å². The topological polar surface area (TPSA) is 210 Å². The lowest BCUT2D eigenvalue weighted by molar-refractivity contribution is -0.138. The van der Waals surface area contributed by atoms with Gasteiger partial charge in [0.2, 0.25) is 18.2 Å². The normalized spacial score (nSPS) is 12.3. The van der Waals surface area contributed by atoms with E-state index in [1.807, 2.05) is 64.5 Å². The number of hydrazine groups is 1. The SMILES string of the molecule is CN(Cc1cc2ccccc2n1CCC(=O)N[C@@H](CCC(=O)O)C(=O)NCCOCCOCCNC(=O)NC=O)N(C)C(=O)OCC1c2ccccc2-c2ccccc21. The van der Waals surface area contributed by atoms with Crippen molar-refractivity contribution in [2.75, 3.05) is 60.2 Å². The van der Waals surface area contributed by atoms with Crippen LogP contribution in [0.4, 0.5) is 9.59 Å². The predicted molar refractivity (Wildman–Crippen MR) is 217 cm³/mol. The van der Waals surface area contributed by atoms with Crippen LogP contribution in [0.2, 0.25) is 0 Å². The molecule has 0 bridgehead atoms. The van der Waals surface area contributed by atoms with Gasteiger partial charge >= 0.3 is 18.1 Å². The van der Waals surface area contributed by atoms with Crippen LogP contribution in [0.3, 0.4) is 0 Å². The highest BCUT2D eigenvalue weighted by Crippen LogP contribution is 2.44. The second-order valence-corrected chi connectivity index (χ2v) is 13.8. The van der Waals surface area contributed by atoms with E-state index in [1.165, 1.54) is 5.01 Å². The summed E-state index contributed by atoms with van der Waals surface area (Å²) in [5, 5.41) is 23.1. The number of para-hydroxylation sites is 1. The number of imide groups is 1. The van der Waals surface area contributed by atoms with Gasteiger partial charge in [0.1, 0.15) is 12.6 Å². The summed E-state index contributed by atoms with van der Waals surface area (Å²) in [6, 6.07) is 24.3. The number of rotatable bonds is 23. The van der Waals surface area contributed by atoms with E-state index in [0.717, 1.165) is 38.9 Å². The molecule has 1 aromatic heterocycles. The van der Waals surface area contributed by atoms with Gasteiger partial charge in [0, 0.05) is 63.7 Å². The Kier molecular flexibility index (Phi) is 16.3. The second-order valence-electron chi connectivity index (χ2n) is 13.8. The molecule has 0 radical (unpaired) electrons. The fourth-order valence-electron chi connectivity index (χ4n) is 6.88. The molecule has 17 nitrogen and oxygen atoms in total. The molecule has 314 valence electrons. The maximum atomic E-state index is 13.4. The zero-order valence-corrected chi connectivity index (χ0v) is 33.2. The predicted octanol–water partition coefficient (Wildman–Crippen LogP) is 3.21. The summed E-state index contributed by atoms with van der Waals surface area (Å²) in [7, 11) is 3.42. The molecule has 0 spiro atoms. The summed E-state index contributed by atoms with van der Waals surface area (Å²) in [5.41, 5.74) is 6.26. The van der Waals surface area contributed by atoms with E-state index in [-0.39, 0.29) is 84.3 Å². The number of fused-ring (bicyclic) bond motifs is 4. The van der Waals surface area contributed by atoms with E-state index >= 15 is 0 Å². The van der Waals surface area contributed by atoms with Gasteiger partial charge in [0.25, 0.3) is 0 Å². The molecule has 0 saturated carbocycles. The summed E-state index contributed by atoms with van der Waals surface area (Å²) < 4.78 is 18.6. The monoisotopic (exact) mass is 813 g/mol. The summed E-state index contributed by atoms with van der Waals surface area (Å²) in [6.45, 7) is 1.85. The maximum Gasteiger partial charge on any atom is 0.424 e. The average molecular weight is 814 g/mol. The van der Waals surface area contributed by atoms with Gasteiger partial charge in [0.05, 0.1) is 33.0 Å². The van der Waals surface area contributed by atoms with Gasteiger partial charge in [-0.2, -0.15) is 0 Å². The number of ether oxygens (including phenoxy) is 3. The van der Waals surface area contributed by atoms with Crippen molar-refractivity contribution in [1.82, 2.24) is 35.9 Å². The third kappa shape index (κ3) is 12.3. The van der Waals surface area contributed by atoms with Gasteiger partial charge in [-0.1, -0.05) is 66.7 Å². The number of carboxylic acid groups (broad SMARTS) is 1. The Morgan fingerprint density at radius 3 is 2.12 bits per heavy atom. The molecule has 17 heteroatoms. The van der Waals surface area contributed by atoms with Crippen molar-refractivity contribution in [3.05, 3.63) is 95.7 Å². The third-order valence-corrected chi connectivity index (χ3v) is 9.90. The molecule has 0 unspecified atom stereocenters. The van der Waals surface area contributed by atoms with Crippen LogP contribution >= 0.6 is 0 Å². The summed E-state index contributed by atoms with van der Waals surface area (Å²) in [6.07, 6.45) is -0.672. The molecule has 1 atom stereocenters. The lowest BCUT2D eigenvalue weighted by Crippen LogP contribution is -2.47. The van der Waals surface area contributed by atoms with E-state index in [0.29, 0.717) is 6.54 Å². The molecule has 0 saturated heterocycles. The first kappa shape index (κ1) is 43.8. The lowest BCUT2D eigenvalue weighted by atomic mass is 9.98. The zero-order chi connectivity index (χ0) is 42.1. The van der Waals surface area contributed by atoms with Crippen LogP contribution in [0.1, 0.15) is 42.0 Å². The number of nitrogens with zero attached hydrogens (tertiary/aromatic N) is 3. The van der Waals surface area contributed by atoms with Crippen LogP contribution in [0.5, 0.6) is 0 Å². The number of hydrogen-bond acceptors (Lipinski definition) is 10. The summed E-state index contributed by atoms with van der Waals surface area (Å²) >= 11 is 0. The van der Waals surface area contributed by atoms with Crippen molar-refractivity contribution >= 4 is 47.2 Å². The molecule has 59 heavy (non-hydrogen) atoms. The highest BCUT2D eigenvalue weighted by Gasteiger charge is 2.30. The molecule has 5 N–H and O–H groups in total. The van der Waals surface area contributed by atoms with Gasteiger partial charge in [-0.3, -0.25) is 24.5 Å². The molecule has 3 aromatic carbocycles. The number of aryl methyl sites for hydroxylation is 1. The third-order valence-electron chi connectivity index (χ3n) is 9.90. The number of amides is 6. The Morgan fingerprint density at radius 1 is 0.831 bits per heavy atom. The number of aromatic nitrogens is 1. The van der Waals surface area contributed by atoms with Crippen LogP contribution in [-0.4, -0.2) is 122 Å². The Morgan fingerprint density at radius 2 is 1.46 bits per heavy atom. The number of carboxylic acids is 1. The van der Waals surface area contributed by atoms with E-state index < -0.39 is 35.9 Å². The Hall–Kier alpha value is -6.30. The number of aliphatic carboxylic acids is 1. The number of benzene rings is 3. The molecule has 0 fully saturated rings. The fourth-order valence-corrected chi connectivity index (χ4v) is 6.88.